The van der Waals surface area contributed by atoms with Crippen LogP contribution in [0.15, 0.2) is 176 Å². The van der Waals surface area contributed by atoms with Gasteiger partial charge >= 0.3 is 0 Å². The summed E-state index contributed by atoms with van der Waals surface area (Å²) in [6, 6.07) is 53.8. The minimum Gasteiger partial charge on any atom is -0.256 e. The molecule has 0 atom stereocenters. The molecule has 3 aromatic heterocycles. The van der Waals surface area contributed by atoms with Gasteiger partial charge in [-0.05, 0) is 147 Å². The van der Waals surface area contributed by atoms with Crippen molar-refractivity contribution in [3.8, 4) is 44.9 Å². The van der Waals surface area contributed by atoms with Crippen molar-refractivity contribution < 1.29 is 5.48 Å². The van der Waals surface area contributed by atoms with Crippen LogP contribution in [0.25, 0.3) is 44.9 Å². The molecule has 0 unspecified atom stereocenters. The lowest BCUT2D eigenvalue weighted by atomic mass is 9.77. The smallest absolute Gasteiger partial charge is 0.0708 e. The van der Waals surface area contributed by atoms with Crippen LogP contribution in [0.2, 0.25) is 0 Å². The van der Waals surface area contributed by atoms with Crippen LogP contribution in [0.1, 0.15) is 130 Å². The molecule has 8 aromatic rings. The largest absolute Gasteiger partial charge is 0.256 e. The Morgan fingerprint density at radius 1 is 0.441 bits per heavy atom. The Balaban J connectivity index is 1.13. The van der Waals surface area contributed by atoms with Crippen LogP contribution in [0, 0.1) is 5.41 Å². The summed E-state index contributed by atoms with van der Waals surface area (Å²) in [4.78, 5) is 14.8. The number of pyridine rings is 3. The second-order valence-corrected chi connectivity index (χ2v) is 21.7. The molecule has 3 heterocycles. The summed E-state index contributed by atoms with van der Waals surface area (Å²) in [5.41, 5.74) is 13.5. The number of nitrogens with zero attached hydrogens (tertiary/aromatic N) is 3. The Morgan fingerprint density at radius 3 is 1.53 bits per heavy atom. The summed E-state index contributed by atoms with van der Waals surface area (Å²) >= 11 is 0. The highest BCUT2D eigenvalue weighted by Gasteiger charge is 2.26. The number of hydrogen-bond acceptors (Lipinski definition) is 3. The maximum Gasteiger partial charge on any atom is 0.0708 e. The molecule has 0 bridgehead atoms. The van der Waals surface area contributed by atoms with E-state index in [-0.39, 0.29) is 11.0 Å². The Kier molecular flexibility index (Phi) is 12.3. The Hall–Kier alpha value is -6.45. The zero-order chi connectivity index (χ0) is 50.9. The van der Waals surface area contributed by atoms with Crippen LogP contribution in [0.3, 0.4) is 0 Å². The van der Waals surface area contributed by atoms with Gasteiger partial charge in [0, 0.05) is 40.8 Å². The standard InChI is InChI=1S/C65H69N3/c1-63(2,3)40-47-18-16-27-55(37-47)62-39-59(54-26-17-25-53(38-54)50-19-14-15-20-50)56(43-66-62)29-28-46-34-48(41-64(4,5)57-30-32-60(67-44-57)51-21-10-8-11-22-51)36-49(35-46)42-65(6,7)58-31-33-61(68-45-58)52-23-12-9-13-24-52/h8-13,16-18,21-27,30-39,43-45,50H,14-15,19-20,28-29,40-42H2,1-7H3/i28D2,29D2. The molecule has 5 aromatic carbocycles. The van der Waals surface area contributed by atoms with E-state index < -0.39 is 23.6 Å². The van der Waals surface area contributed by atoms with Crippen LogP contribution >= 0.6 is 0 Å². The molecule has 0 N–H and O–H groups in total. The van der Waals surface area contributed by atoms with Crippen molar-refractivity contribution in [2.75, 3.05) is 0 Å². The highest BCUT2D eigenvalue weighted by atomic mass is 14.7. The molecular weight excluding hydrogens is 823 g/mol. The molecule has 9 rings (SSSR count). The molecule has 0 saturated heterocycles. The number of rotatable bonds is 15. The fourth-order valence-corrected chi connectivity index (χ4v) is 10.2. The Labute approximate surface area is 412 Å². The minimum absolute atomic E-state index is 0.0999. The molecular formula is C65H69N3. The highest BCUT2D eigenvalue weighted by Crippen LogP contribution is 2.38. The molecule has 68 heavy (non-hydrogen) atoms. The molecule has 0 radical (unpaired) electrons. The number of hydrogen-bond donors (Lipinski definition) is 0. The van der Waals surface area contributed by atoms with Gasteiger partial charge in [-0.3, -0.25) is 15.0 Å². The van der Waals surface area contributed by atoms with Crippen LogP contribution in [-0.4, -0.2) is 15.0 Å². The van der Waals surface area contributed by atoms with Crippen LogP contribution in [-0.2, 0) is 42.8 Å². The summed E-state index contributed by atoms with van der Waals surface area (Å²) in [7, 11) is 0. The molecule has 1 aliphatic rings. The maximum absolute atomic E-state index is 10.1. The van der Waals surface area contributed by atoms with E-state index in [1.54, 1.807) is 6.20 Å². The van der Waals surface area contributed by atoms with Gasteiger partial charge in [0.2, 0.25) is 0 Å². The van der Waals surface area contributed by atoms with Crippen molar-refractivity contribution in [2.45, 2.75) is 123 Å². The van der Waals surface area contributed by atoms with Gasteiger partial charge in [-0.15, -0.1) is 0 Å². The summed E-state index contributed by atoms with van der Waals surface area (Å²) in [6.45, 7) is 15.5. The second-order valence-electron chi connectivity index (χ2n) is 21.7. The van der Waals surface area contributed by atoms with Crippen LogP contribution < -0.4 is 0 Å². The Morgan fingerprint density at radius 2 is 0.971 bits per heavy atom. The van der Waals surface area contributed by atoms with Crippen molar-refractivity contribution in [1.82, 2.24) is 15.0 Å². The number of aryl methyl sites for hydroxylation is 2. The lowest BCUT2D eigenvalue weighted by Crippen LogP contribution is -2.23. The lowest BCUT2D eigenvalue weighted by molar-refractivity contribution is 0.411. The van der Waals surface area contributed by atoms with Crippen molar-refractivity contribution in [2.24, 2.45) is 5.41 Å². The molecule has 3 nitrogen and oxygen atoms in total. The van der Waals surface area contributed by atoms with Gasteiger partial charge in [-0.1, -0.05) is 195 Å². The first-order valence-electron chi connectivity index (χ1n) is 26.6. The zero-order valence-electron chi connectivity index (χ0n) is 45.1. The SMILES string of the molecule is [2H]C([2H])(c1cc(CC(C)(C)c2ccc(-c3ccccc3)nc2)cc(CC(C)(C)c2ccc(-c3ccccc3)nc2)c1)C([2H])([2H])c1cnc(-c2cccc(CC(C)(C)C)c2)cc1-c1cccc(C2CCCC2)c1. The van der Waals surface area contributed by atoms with Gasteiger partial charge in [-0.2, -0.15) is 0 Å². The minimum atomic E-state index is -2.51. The van der Waals surface area contributed by atoms with E-state index in [0.717, 1.165) is 80.9 Å². The first-order valence-corrected chi connectivity index (χ1v) is 24.6. The molecule has 0 spiro atoms. The highest BCUT2D eigenvalue weighted by molar-refractivity contribution is 5.74. The lowest BCUT2D eigenvalue weighted by Gasteiger charge is -2.28. The van der Waals surface area contributed by atoms with E-state index in [2.05, 4.69) is 146 Å². The summed E-state index contributed by atoms with van der Waals surface area (Å²) in [5, 5.41) is 0. The molecule has 0 aliphatic heterocycles. The first kappa shape index (κ1) is 41.7. The molecule has 1 fully saturated rings. The third kappa shape index (κ3) is 11.4. The van der Waals surface area contributed by atoms with Gasteiger partial charge in [0.15, 0.2) is 0 Å². The maximum atomic E-state index is 10.1. The van der Waals surface area contributed by atoms with Gasteiger partial charge in [0.25, 0.3) is 0 Å². The topological polar surface area (TPSA) is 38.7 Å². The Bertz CT molecular complexity index is 3010. The van der Waals surface area contributed by atoms with Gasteiger partial charge < -0.3 is 0 Å². The van der Waals surface area contributed by atoms with Crippen molar-refractivity contribution in [1.29, 1.82) is 0 Å². The predicted octanol–water partition coefficient (Wildman–Crippen LogP) is 16.6. The van der Waals surface area contributed by atoms with Crippen molar-refractivity contribution >= 4 is 0 Å². The average Bonchev–Trinajstić information content (AvgIpc) is 3.92. The quantitative estimate of drug-likeness (QED) is 0.103. The van der Waals surface area contributed by atoms with Crippen molar-refractivity contribution in [3.63, 3.8) is 0 Å². The molecule has 3 heteroatoms. The third-order valence-corrected chi connectivity index (χ3v) is 13.8. The summed E-state index contributed by atoms with van der Waals surface area (Å²) in [5.74, 6) is 0.455. The number of aromatic nitrogens is 3. The van der Waals surface area contributed by atoms with Crippen molar-refractivity contribution in [3.05, 3.63) is 221 Å². The van der Waals surface area contributed by atoms with Gasteiger partial charge in [0.1, 0.15) is 0 Å². The van der Waals surface area contributed by atoms with Gasteiger partial charge in [0.05, 0.1) is 17.1 Å². The fraction of sp³-hybridized carbons (Fsp3) is 0.308. The van der Waals surface area contributed by atoms with Crippen LogP contribution in [0.5, 0.6) is 0 Å². The monoisotopic (exact) mass is 896 g/mol. The average molecular weight is 896 g/mol. The van der Waals surface area contributed by atoms with E-state index in [4.69, 9.17) is 15.0 Å². The summed E-state index contributed by atoms with van der Waals surface area (Å²) < 4.78 is 40.5. The zero-order valence-corrected chi connectivity index (χ0v) is 41.1. The van der Waals surface area contributed by atoms with E-state index in [1.165, 1.54) is 24.0 Å². The molecule has 1 aliphatic carbocycles. The van der Waals surface area contributed by atoms with E-state index in [1.807, 2.05) is 73.1 Å². The molecule has 344 valence electrons. The second kappa shape index (κ2) is 20.0. The van der Waals surface area contributed by atoms with Gasteiger partial charge in [-0.25, -0.2) is 0 Å². The molecule has 0 amide bonds. The van der Waals surface area contributed by atoms with E-state index >= 15 is 0 Å². The predicted molar refractivity (Wildman–Crippen MR) is 286 cm³/mol. The number of benzene rings is 5. The van der Waals surface area contributed by atoms with E-state index in [9.17, 15) is 5.48 Å². The van der Waals surface area contributed by atoms with E-state index in [0.29, 0.717) is 29.9 Å². The van der Waals surface area contributed by atoms with Crippen LogP contribution in [0.4, 0.5) is 0 Å². The fourth-order valence-electron chi connectivity index (χ4n) is 10.2. The third-order valence-electron chi connectivity index (χ3n) is 13.8. The normalized spacial score (nSPS) is 14.8. The first-order chi connectivity index (χ1) is 34.3. The molecule has 1 saturated carbocycles. The summed E-state index contributed by atoms with van der Waals surface area (Å²) in [6.07, 6.45) is 7.28.